The van der Waals surface area contributed by atoms with E-state index in [1.165, 1.54) is 0 Å². The van der Waals surface area contributed by atoms with Gasteiger partial charge in [0.1, 0.15) is 0 Å². The van der Waals surface area contributed by atoms with E-state index in [-0.39, 0.29) is 0 Å². The summed E-state index contributed by atoms with van der Waals surface area (Å²) in [5.41, 5.74) is 0. The third-order valence-electron chi connectivity index (χ3n) is 0. The highest BCUT2D eigenvalue weighted by atomic mass is 32.1. The second kappa shape index (κ2) is 51.3. The van der Waals surface area contributed by atoms with Crippen molar-refractivity contribution in [3.8, 4) is 0 Å². The minimum absolute atomic E-state index is 0.750. The molecule has 0 rings (SSSR count). The summed E-state index contributed by atoms with van der Waals surface area (Å²) in [7, 11) is 0. The number of hydrogen-bond acceptors (Lipinski definition) is 4. The smallest absolute Gasteiger partial charge is 0.255 e. The van der Waals surface area contributed by atoms with Crippen LogP contribution in [0.5, 0.6) is 0 Å². The summed E-state index contributed by atoms with van der Waals surface area (Å²) >= 11 is -0.750. The van der Waals surface area contributed by atoms with E-state index in [0.29, 0.717) is 0 Å². The summed E-state index contributed by atoms with van der Waals surface area (Å²) in [4.78, 5) is 0. The van der Waals surface area contributed by atoms with Crippen LogP contribution >= 0.6 is 0 Å². The molecule has 0 fully saturated rings. The van der Waals surface area contributed by atoms with Gasteiger partial charge >= 0.3 is 11.6 Å². The Bertz CT molecular complexity index is 24.6. The van der Waals surface area contributed by atoms with Gasteiger partial charge in [-0.2, -0.15) is 8.42 Å². The topological polar surface area (TPSA) is 74.6 Å². The zero-order chi connectivity index (χ0) is 4.71. The Kier molecular flexibility index (Phi) is 90.6. The monoisotopic (exact) mass is 98.0 g/mol. The maximum atomic E-state index is 8.29. The third kappa shape index (κ3) is 168. The van der Waals surface area contributed by atoms with Crippen molar-refractivity contribution in [2.75, 3.05) is 0 Å². The van der Waals surface area contributed by atoms with E-state index in [2.05, 4.69) is 0 Å². The lowest BCUT2D eigenvalue weighted by Gasteiger charge is -1.25. The van der Waals surface area contributed by atoms with E-state index in [1.54, 1.807) is 0 Å². The molecule has 0 heterocycles. The van der Waals surface area contributed by atoms with Crippen molar-refractivity contribution in [1.29, 1.82) is 0 Å². The lowest BCUT2D eigenvalue weighted by atomic mass is 15.0. The van der Waals surface area contributed by atoms with E-state index in [9.17, 15) is 0 Å². The molecule has 0 saturated heterocycles. The summed E-state index contributed by atoms with van der Waals surface area (Å²) in [5, 5.41) is 12.0. The molecule has 0 amide bonds. The van der Waals surface area contributed by atoms with Crippen LogP contribution in [0.3, 0.4) is 0 Å². The van der Waals surface area contributed by atoms with E-state index in [1.807, 2.05) is 0 Å². The Hall–Kier alpha value is -0.260. The SMILES string of the molecule is O=S=O.OO. The van der Waals surface area contributed by atoms with Gasteiger partial charge in [0.15, 0.2) is 0 Å². The molecule has 0 aliphatic carbocycles. The first-order valence-corrected chi connectivity index (χ1v) is 1.20. The lowest BCUT2D eigenvalue weighted by Crippen LogP contribution is -1.29. The molecule has 0 bridgehead atoms. The molecule has 0 spiro atoms. The fourth-order valence-electron chi connectivity index (χ4n) is 0. The van der Waals surface area contributed by atoms with Crippen molar-refractivity contribution >= 4 is 11.6 Å². The molecule has 2 N–H and O–H groups in total. The van der Waals surface area contributed by atoms with Crippen molar-refractivity contribution in [2.24, 2.45) is 0 Å². The summed E-state index contributed by atoms with van der Waals surface area (Å²) in [6.07, 6.45) is 0. The number of hydrogen-bond donors (Lipinski definition) is 2. The maximum absolute atomic E-state index is 8.29. The summed E-state index contributed by atoms with van der Waals surface area (Å²) in [5.74, 6) is 0. The van der Waals surface area contributed by atoms with Gasteiger partial charge in [0.05, 0.1) is 0 Å². The first-order chi connectivity index (χ1) is 2.41. The third-order valence-corrected chi connectivity index (χ3v) is 0. The maximum Gasteiger partial charge on any atom is 0.335 e. The molecule has 0 unspecified atom stereocenters. The Morgan fingerprint density at radius 2 is 1.20 bits per heavy atom. The minimum Gasteiger partial charge on any atom is -0.255 e. The summed E-state index contributed by atoms with van der Waals surface area (Å²) in [6, 6.07) is 0. The van der Waals surface area contributed by atoms with Crippen LogP contribution in [0.2, 0.25) is 0 Å². The Morgan fingerprint density at radius 1 is 1.20 bits per heavy atom. The average molecular weight is 98.1 g/mol. The second-order valence-corrected chi connectivity index (χ2v) is 0.204. The summed E-state index contributed by atoms with van der Waals surface area (Å²) < 4.78 is 16.6. The van der Waals surface area contributed by atoms with E-state index < -0.39 is 11.6 Å². The highest BCUT2D eigenvalue weighted by molar-refractivity contribution is 7.51. The van der Waals surface area contributed by atoms with Gasteiger partial charge in [-0.25, -0.2) is 0 Å². The zero-order valence-electron chi connectivity index (χ0n) is 2.12. The Morgan fingerprint density at radius 3 is 1.20 bits per heavy atom. The molecular formula is H2O4S. The van der Waals surface area contributed by atoms with E-state index in [4.69, 9.17) is 18.9 Å². The molecule has 0 aromatic heterocycles. The van der Waals surface area contributed by atoms with Crippen molar-refractivity contribution in [1.82, 2.24) is 0 Å². The van der Waals surface area contributed by atoms with Crippen molar-refractivity contribution in [2.45, 2.75) is 0 Å². The van der Waals surface area contributed by atoms with Crippen LogP contribution in [-0.4, -0.2) is 18.9 Å². The fourth-order valence-corrected chi connectivity index (χ4v) is 0. The molecule has 0 aromatic rings. The first kappa shape index (κ1) is 8.83. The molecule has 0 radical (unpaired) electrons. The van der Waals surface area contributed by atoms with E-state index >= 15 is 0 Å². The van der Waals surface area contributed by atoms with Crippen LogP contribution < -0.4 is 0 Å². The predicted molar refractivity (Wildman–Crippen MR) is 14.2 cm³/mol. The number of rotatable bonds is 0. The van der Waals surface area contributed by atoms with Gasteiger partial charge in [-0.05, 0) is 0 Å². The molecule has 32 valence electrons. The van der Waals surface area contributed by atoms with Crippen LogP contribution in [0.15, 0.2) is 0 Å². The molecule has 5 heteroatoms. The molecule has 0 saturated carbocycles. The minimum atomic E-state index is -0.750. The van der Waals surface area contributed by atoms with Gasteiger partial charge in [-0.15, -0.1) is 0 Å². The second-order valence-electron chi connectivity index (χ2n) is 0.0680. The zero-order valence-corrected chi connectivity index (χ0v) is 2.94. The summed E-state index contributed by atoms with van der Waals surface area (Å²) in [6.45, 7) is 0. The molecule has 0 aliphatic heterocycles. The lowest BCUT2D eigenvalue weighted by molar-refractivity contribution is -0.176. The van der Waals surface area contributed by atoms with Crippen molar-refractivity contribution in [3.05, 3.63) is 0 Å². The largest absolute Gasteiger partial charge is 0.335 e. The van der Waals surface area contributed by atoms with Gasteiger partial charge in [-0.1, -0.05) is 0 Å². The standard InChI is InChI=1S/O2S.H2O2/c1-3-2;1-2/h;1-2H. The van der Waals surface area contributed by atoms with Gasteiger partial charge in [0.25, 0.3) is 0 Å². The average Bonchev–Trinajstić information content (AvgIpc) is 1.46. The van der Waals surface area contributed by atoms with Crippen LogP contribution in [0, 0.1) is 0 Å². The van der Waals surface area contributed by atoms with Crippen molar-refractivity contribution in [3.63, 3.8) is 0 Å². The Balaban J connectivity index is 0. The molecule has 5 heavy (non-hydrogen) atoms. The quantitative estimate of drug-likeness (QED) is 0.312. The van der Waals surface area contributed by atoms with Gasteiger partial charge in [0.2, 0.25) is 0 Å². The highest BCUT2D eigenvalue weighted by Gasteiger charge is 1.12. The normalized spacial score (nSPS) is 3.60. The molecule has 4 nitrogen and oxygen atoms in total. The molecule has 0 aromatic carbocycles. The Labute approximate surface area is 31.6 Å². The van der Waals surface area contributed by atoms with Gasteiger partial charge in [-0.3, -0.25) is 10.5 Å². The van der Waals surface area contributed by atoms with Gasteiger partial charge in [0, 0.05) is 0 Å². The first-order valence-electron chi connectivity index (χ1n) is 0.533. The van der Waals surface area contributed by atoms with Crippen LogP contribution in [-0.2, 0) is 11.6 Å². The van der Waals surface area contributed by atoms with Crippen LogP contribution in [0.4, 0.5) is 0 Å². The molecular weight excluding hydrogens is 96.1 g/mol. The van der Waals surface area contributed by atoms with Crippen LogP contribution in [0.25, 0.3) is 0 Å². The van der Waals surface area contributed by atoms with Crippen LogP contribution in [0.1, 0.15) is 0 Å². The molecule has 0 atom stereocenters. The van der Waals surface area contributed by atoms with Crippen molar-refractivity contribution < 1.29 is 18.9 Å². The predicted octanol–water partition coefficient (Wildman–Crippen LogP) is -0.653. The van der Waals surface area contributed by atoms with Gasteiger partial charge < -0.3 is 0 Å². The highest BCUT2D eigenvalue weighted by Crippen LogP contribution is 0.846. The van der Waals surface area contributed by atoms with E-state index in [0.717, 1.165) is 0 Å². The fraction of sp³-hybridized carbons (Fsp3) is 0. The molecule has 0 aliphatic rings.